The number of aliphatic hydroxyl groups excluding tert-OH is 2. The van der Waals surface area contributed by atoms with Gasteiger partial charge in [0.1, 0.15) is 0 Å². The van der Waals surface area contributed by atoms with Gasteiger partial charge in [0.15, 0.2) is 0 Å². The van der Waals surface area contributed by atoms with Crippen LogP contribution < -0.4 is 5.73 Å². The van der Waals surface area contributed by atoms with Crippen LogP contribution in [-0.4, -0.2) is 35.1 Å². The molecule has 1 aliphatic rings. The normalized spacial score (nSPS) is 33.6. The molecular formula is C13H25NO3. The van der Waals surface area contributed by atoms with Crippen LogP contribution in [0.5, 0.6) is 0 Å². The van der Waals surface area contributed by atoms with Gasteiger partial charge in [-0.2, -0.15) is 0 Å². The summed E-state index contributed by atoms with van der Waals surface area (Å²) in [6.45, 7) is 6.29. The van der Waals surface area contributed by atoms with E-state index in [1.54, 1.807) is 0 Å². The summed E-state index contributed by atoms with van der Waals surface area (Å²) < 4.78 is 5.65. The first-order chi connectivity index (χ1) is 8.06. The van der Waals surface area contributed by atoms with Gasteiger partial charge in [-0.25, -0.2) is 0 Å². The molecule has 0 bridgehead atoms. The molecule has 0 aliphatic heterocycles. The van der Waals surface area contributed by atoms with Crippen LogP contribution in [-0.2, 0) is 4.74 Å². The van der Waals surface area contributed by atoms with Crippen molar-refractivity contribution in [3.05, 3.63) is 12.3 Å². The molecule has 17 heavy (non-hydrogen) atoms. The summed E-state index contributed by atoms with van der Waals surface area (Å²) in [6.07, 6.45) is 3.50. The third-order valence-electron chi connectivity index (χ3n) is 3.41. The van der Waals surface area contributed by atoms with Crippen LogP contribution in [0.4, 0.5) is 0 Å². The topological polar surface area (TPSA) is 75.7 Å². The monoisotopic (exact) mass is 243 g/mol. The minimum Gasteiger partial charge on any atom is -0.513 e. The highest BCUT2D eigenvalue weighted by molar-refractivity contribution is 4.99. The van der Waals surface area contributed by atoms with Gasteiger partial charge in [0.05, 0.1) is 18.0 Å². The zero-order chi connectivity index (χ0) is 12.8. The molecular weight excluding hydrogens is 218 g/mol. The number of allylic oxidation sites excluding steroid dienone is 1. The van der Waals surface area contributed by atoms with E-state index < -0.39 is 6.10 Å². The van der Waals surface area contributed by atoms with Crippen molar-refractivity contribution in [3.63, 3.8) is 0 Å². The van der Waals surface area contributed by atoms with Crippen molar-refractivity contribution in [3.8, 4) is 0 Å². The lowest BCUT2D eigenvalue weighted by Gasteiger charge is -2.37. The lowest BCUT2D eigenvalue weighted by Crippen LogP contribution is -2.51. The average Bonchev–Trinajstić information content (AvgIpc) is 2.26. The number of hydrogen-bond donors (Lipinski definition) is 3. The first-order valence-electron chi connectivity index (χ1n) is 6.49. The minimum absolute atomic E-state index is 0.101. The van der Waals surface area contributed by atoms with Crippen molar-refractivity contribution >= 4 is 0 Å². The van der Waals surface area contributed by atoms with E-state index in [-0.39, 0.29) is 23.8 Å². The van der Waals surface area contributed by atoms with Crippen molar-refractivity contribution in [2.24, 2.45) is 11.7 Å². The summed E-state index contributed by atoms with van der Waals surface area (Å²) in [5.74, 6) is 0.0134. The molecule has 1 rings (SSSR count). The number of unbranched alkanes of at least 4 members (excludes halogenated alkanes) is 2. The molecule has 0 aromatic carbocycles. The Balaban J connectivity index is 2.38. The maximum atomic E-state index is 9.96. The van der Waals surface area contributed by atoms with Crippen molar-refractivity contribution < 1.29 is 14.9 Å². The number of ether oxygens (including phenoxy) is 1. The first kappa shape index (κ1) is 14.5. The summed E-state index contributed by atoms with van der Waals surface area (Å²) in [6, 6.07) is -0.228. The molecule has 0 saturated heterocycles. The maximum absolute atomic E-state index is 9.96. The highest BCUT2D eigenvalue weighted by Crippen LogP contribution is 2.29. The molecule has 0 spiro atoms. The van der Waals surface area contributed by atoms with Crippen molar-refractivity contribution in [2.45, 2.75) is 57.3 Å². The van der Waals surface area contributed by atoms with Crippen molar-refractivity contribution in [2.75, 3.05) is 6.61 Å². The van der Waals surface area contributed by atoms with Crippen LogP contribution in [0.3, 0.4) is 0 Å². The summed E-state index contributed by atoms with van der Waals surface area (Å²) >= 11 is 0. The van der Waals surface area contributed by atoms with Crippen LogP contribution in [0, 0.1) is 5.92 Å². The highest BCUT2D eigenvalue weighted by atomic mass is 16.5. The molecule has 0 aromatic heterocycles. The lowest BCUT2D eigenvalue weighted by atomic mass is 9.81. The summed E-state index contributed by atoms with van der Waals surface area (Å²) in [5, 5.41) is 19.3. The maximum Gasteiger partial charge on any atom is 0.0984 e. The van der Waals surface area contributed by atoms with Crippen LogP contribution in [0.25, 0.3) is 0 Å². The molecule has 4 unspecified atom stereocenters. The van der Waals surface area contributed by atoms with E-state index >= 15 is 0 Å². The predicted octanol–water partition coefficient (Wildman–Crippen LogP) is 1.73. The molecule has 1 aliphatic carbocycles. The second-order valence-corrected chi connectivity index (χ2v) is 4.93. The highest BCUT2D eigenvalue weighted by Gasteiger charge is 2.36. The Morgan fingerprint density at radius 2 is 2.12 bits per heavy atom. The Morgan fingerprint density at radius 1 is 1.41 bits per heavy atom. The molecule has 1 fully saturated rings. The quantitative estimate of drug-likeness (QED) is 0.490. The Morgan fingerprint density at radius 3 is 2.65 bits per heavy atom. The Kier molecular flexibility index (Phi) is 5.95. The fraction of sp³-hybridized carbons (Fsp3) is 0.846. The van der Waals surface area contributed by atoms with E-state index in [4.69, 9.17) is 10.5 Å². The predicted molar refractivity (Wildman–Crippen MR) is 67.7 cm³/mol. The fourth-order valence-electron chi connectivity index (χ4n) is 2.35. The van der Waals surface area contributed by atoms with E-state index in [0.717, 1.165) is 19.3 Å². The smallest absolute Gasteiger partial charge is 0.0984 e. The van der Waals surface area contributed by atoms with Crippen LogP contribution in [0.15, 0.2) is 12.3 Å². The van der Waals surface area contributed by atoms with Crippen molar-refractivity contribution in [1.29, 1.82) is 0 Å². The molecule has 1 saturated carbocycles. The van der Waals surface area contributed by atoms with Gasteiger partial charge < -0.3 is 20.7 Å². The summed E-state index contributed by atoms with van der Waals surface area (Å²) in [5.41, 5.74) is 5.98. The van der Waals surface area contributed by atoms with E-state index in [1.165, 1.54) is 0 Å². The Bertz CT molecular complexity index is 233. The van der Waals surface area contributed by atoms with E-state index in [0.29, 0.717) is 19.4 Å². The largest absolute Gasteiger partial charge is 0.513 e. The number of hydrogen-bond acceptors (Lipinski definition) is 4. The van der Waals surface area contributed by atoms with Gasteiger partial charge >= 0.3 is 0 Å². The third-order valence-corrected chi connectivity index (χ3v) is 3.41. The number of aliphatic hydroxyl groups is 2. The molecule has 4 N–H and O–H groups in total. The molecule has 4 heteroatoms. The molecule has 4 nitrogen and oxygen atoms in total. The Hall–Kier alpha value is -0.580. The standard InChI is InChI=1S/C13H25NO3/c1-3-4-5-6-17-13-11(14)7-10(9(2)15)8-12(13)16/h10-13,15-16H,2-8,14H2,1H3. The van der Waals surface area contributed by atoms with Crippen molar-refractivity contribution in [1.82, 2.24) is 0 Å². The fourth-order valence-corrected chi connectivity index (χ4v) is 2.35. The average molecular weight is 243 g/mol. The minimum atomic E-state index is -0.603. The second kappa shape index (κ2) is 6.99. The summed E-state index contributed by atoms with van der Waals surface area (Å²) in [4.78, 5) is 0. The van der Waals surface area contributed by atoms with Crippen LogP contribution in [0.2, 0.25) is 0 Å². The van der Waals surface area contributed by atoms with Gasteiger partial charge in [-0.05, 0) is 19.3 Å². The van der Waals surface area contributed by atoms with E-state index in [1.807, 2.05) is 0 Å². The van der Waals surface area contributed by atoms with Gasteiger partial charge in [-0.15, -0.1) is 0 Å². The van der Waals surface area contributed by atoms with Gasteiger partial charge in [0, 0.05) is 18.6 Å². The molecule has 0 amide bonds. The van der Waals surface area contributed by atoms with Gasteiger partial charge in [-0.1, -0.05) is 26.3 Å². The molecule has 0 radical (unpaired) electrons. The zero-order valence-corrected chi connectivity index (χ0v) is 10.6. The second-order valence-electron chi connectivity index (χ2n) is 4.93. The molecule has 4 atom stereocenters. The first-order valence-corrected chi connectivity index (χ1v) is 6.49. The Labute approximate surface area is 103 Å². The number of nitrogens with two attached hydrogens (primary N) is 1. The number of rotatable bonds is 6. The molecule has 0 heterocycles. The van der Waals surface area contributed by atoms with Crippen LogP contribution >= 0.6 is 0 Å². The van der Waals surface area contributed by atoms with Gasteiger partial charge in [0.2, 0.25) is 0 Å². The van der Waals surface area contributed by atoms with Crippen LogP contribution in [0.1, 0.15) is 39.0 Å². The van der Waals surface area contributed by atoms with Gasteiger partial charge in [0.25, 0.3) is 0 Å². The lowest BCUT2D eigenvalue weighted by molar-refractivity contribution is -0.0806. The SMILES string of the molecule is C=C(O)C1CC(N)C(OCCCCC)C(O)C1. The van der Waals surface area contributed by atoms with E-state index in [9.17, 15) is 10.2 Å². The van der Waals surface area contributed by atoms with E-state index in [2.05, 4.69) is 13.5 Å². The third kappa shape index (κ3) is 4.30. The summed E-state index contributed by atoms with van der Waals surface area (Å²) in [7, 11) is 0. The zero-order valence-electron chi connectivity index (χ0n) is 10.6. The van der Waals surface area contributed by atoms with Gasteiger partial charge in [-0.3, -0.25) is 0 Å². The molecule has 100 valence electrons. The molecule has 0 aromatic rings.